The highest BCUT2D eigenvalue weighted by Crippen LogP contribution is 2.23. The molecule has 6 nitrogen and oxygen atoms in total. The Morgan fingerprint density at radius 3 is 2.38 bits per heavy atom. The van der Waals surface area contributed by atoms with Gasteiger partial charge in [-0.3, -0.25) is 14.7 Å². The zero-order valence-corrected chi connectivity index (χ0v) is 15.7. The number of amides is 2. The first-order valence-corrected chi connectivity index (χ1v) is 9.17. The summed E-state index contributed by atoms with van der Waals surface area (Å²) in [6.45, 7) is 0. The van der Waals surface area contributed by atoms with Crippen LogP contribution in [0.2, 0.25) is 5.02 Å². The van der Waals surface area contributed by atoms with E-state index < -0.39 is 17.5 Å². The molecule has 0 saturated heterocycles. The molecule has 2 amide bonds. The molecule has 1 heterocycles. The summed E-state index contributed by atoms with van der Waals surface area (Å²) in [5.41, 5.74) is 2.26. The average Bonchev–Trinajstić information content (AvgIpc) is 3.30. The van der Waals surface area contributed by atoms with Crippen molar-refractivity contribution < 1.29 is 18.4 Å². The van der Waals surface area contributed by atoms with Gasteiger partial charge < -0.3 is 10.6 Å². The minimum Gasteiger partial charge on any atom is -0.347 e. The molecule has 0 unspecified atom stereocenters. The van der Waals surface area contributed by atoms with E-state index in [-0.39, 0.29) is 34.0 Å². The molecule has 0 saturated carbocycles. The Kier molecular flexibility index (Phi) is 5.02. The maximum atomic E-state index is 13.4. The molecule has 0 radical (unpaired) electrons. The maximum Gasteiger partial charge on any atom is 0.272 e. The van der Waals surface area contributed by atoms with E-state index in [9.17, 15) is 18.4 Å². The van der Waals surface area contributed by atoms with E-state index >= 15 is 0 Å². The average molecular weight is 417 g/mol. The third-order valence-electron chi connectivity index (χ3n) is 4.70. The molecular formula is C20H15ClF2N4O2. The highest BCUT2D eigenvalue weighted by Gasteiger charge is 2.24. The lowest BCUT2D eigenvalue weighted by Crippen LogP contribution is -2.35. The van der Waals surface area contributed by atoms with Crippen molar-refractivity contribution >= 4 is 29.2 Å². The van der Waals surface area contributed by atoms with Gasteiger partial charge in [0.05, 0.1) is 10.6 Å². The van der Waals surface area contributed by atoms with Crippen LogP contribution in [0.5, 0.6) is 0 Å². The number of aromatic amines is 1. The third-order valence-corrected chi connectivity index (χ3v) is 5.01. The fraction of sp³-hybridized carbons (Fsp3) is 0.150. The molecule has 0 atom stereocenters. The Morgan fingerprint density at radius 2 is 1.69 bits per heavy atom. The van der Waals surface area contributed by atoms with Gasteiger partial charge in [0, 0.05) is 12.1 Å². The molecular weight excluding hydrogens is 402 g/mol. The molecule has 3 N–H and O–H groups in total. The van der Waals surface area contributed by atoms with Crippen molar-refractivity contribution in [2.24, 2.45) is 0 Å². The van der Waals surface area contributed by atoms with E-state index in [1.807, 2.05) is 24.3 Å². The van der Waals surface area contributed by atoms with E-state index in [1.54, 1.807) is 0 Å². The summed E-state index contributed by atoms with van der Waals surface area (Å²) in [7, 11) is 0. The molecule has 1 aliphatic rings. The lowest BCUT2D eigenvalue weighted by molar-refractivity contribution is 0.0932. The first kappa shape index (κ1) is 19.1. The molecule has 0 fully saturated rings. The van der Waals surface area contributed by atoms with Gasteiger partial charge in [-0.05, 0) is 36.1 Å². The van der Waals surface area contributed by atoms with Crippen LogP contribution in [-0.2, 0) is 12.8 Å². The lowest BCUT2D eigenvalue weighted by atomic mass is 10.1. The third kappa shape index (κ3) is 3.97. The number of carbonyl (C=O) groups excluding carboxylic acids is 2. The first-order valence-electron chi connectivity index (χ1n) is 8.79. The summed E-state index contributed by atoms with van der Waals surface area (Å²) in [5, 5.41) is 11.5. The molecule has 9 heteroatoms. The van der Waals surface area contributed by atoms with E-state index in [2.05, 4.69) is 20.8 Å². The minimum atomic E-state index is -1.19. The normalized spacial score (nSPS) is 13.2. The summed E-state index contributed by atoms with van der Waals surface area (Å²) in [6, 6.07) is 10.7. The van der Waals surface area contributed by atoms with E-state index in [1.165, 1.54) is 17.2 Å². The number of nitrogens with zero attached hydrogens (tertiary/aromatic N) is 1. The summed E-state index contributed by atoms with van der Waals surface area (Å²) >= 11 is 5.79. The first-order chi connectivity index (χ1) is 13.9. The molecule has 0 spiro atoms. The van der Waals surface area contributed by atoms with Gasteiger partial charge in [-0.25, -0.2) is 8.78 Å². The second-order valence-electron chi connectivity index (χ2n) is 6.71. The Hall–Kier alpha value is -3.26. The van der Waals surface area contributed by atoms with Crippen molar-refractivity contribution in [1.29, 1.82) is 0 Å². The van der Waals surface area contributed by atoms with Gasteiger partial charge in [-0.1, -0.05) is 35.9 Å². The molecule has 2 aromatic carbocycles. The smallest absolute Gasteiger partial charge is 0.272 e. The Bertz CT molecular complexity index is 1090. The number of fused-ring (bicyclic) bond motifs is 1. The molecule has 1 aliphatic carbocycles. The van der Waals surface area contributed by atoms with Crippen molar-refractivity contribution in [1.82, 2.24) is 15.5 Å². The molecule has 29 heavy (non-hydrogen) atoms. The zero-order chi connectivity index (χ0) is 20.5. The predicted molar refractivity (Wildman–Crippen MR) is 103 cm³/mol. The van der Waals surface area contributed by atoms with Gasteiger partial charge in [0.2, 0.25) is 0 Å². The number of benzene rings is 2. The number of nitrogens with one attached hydrogen (secondary N) is 3. The van der Waals surface area contributed by atoms with Crippen molar-refractivity contribution in [3.05, 3.63) is 81.5 Å². The molecule has 1 aromatic heterocycles. The SMILES string of the molecule is O=C(NC1Cc2ccccc2C1)c1cc(NC(=O)c2cc(F)c(F)cc2Cl)[nH]n1. The maximum absolute atomic E-state index is 13.4. The van der Waals surface area contributed by atoms with Gasteiger partial charge in [0.15, 0.2) is 17.3 Å². The zero-order valence-electron chi connectivity index (χ0n) is 14.9. The molecule has 4 rings (SSSR count). The summed E-state index contributed by atoms with van der Waals surface area (Å²) in [4.78, 5) is 24.7. The van der Waals surface area contributed by atoms with Crippen molar-refractivity contribution in [2.45, 2.75) is 18.9 Å². The van der Waals surface area contributed by atoms with Gasteiger partial charge in [-0.2, -0.15) is 5.10 Å². The highest BCUT2D eigenvalue weighted by molar-refractivity contribution is 6.34. The predicted octanol–water partition coefficient (Wildman–Crippen LogP) is 3.49. The fourth-order valence-corrected chi connectivity index (χ4v) is 3.54. The van der Waals surface area contributed by atoms with Gasteiger partial charge in [0.1, 0.15) is 5.82 Å². The minimum absolute atomic E-state index is 0.0318. The molecule has 0 aliphatic heterocycles. The second-order valence-corrected chi connectivity index (χ2v) is 7.12. The second kappa shape index (κ2) is 7.63. The number of H-pyrrole nitrogens is 1. The summed E-state index contributed by atoms with van der Waals surface area (Å²) < 4.78 is 26.5. The van der Waals surface area contributed by atoms with Crippen LogP contribution in [-0.4, -0.2) is 28.1 Å². The number of hydrogen-bond donors (Lipinski definition) is 3. The number of aromatic nitrogens is 2. The molecule has 148 valence electrons. The van der Waals surface area contributed by atoms with E-state index in [4.69, 9.17) is 11.6 Å². The number of halogens is 3. The van der Waals surface area contributed by atoms with E-state index in [0.717, 1.165) is 18.9 Å². The largest absolute Gasteiger partial charge is 0.347 e. The summed E-state index contributed by atoms with van der Waals surface area (Å²) in [6.07, 6.45) is 1.48. The number of rotatable bonds is 4. The van der Waals surface area contributed by atoms with Crippen LogP contribution in [0.1, 0.15) is 32.0 Å². The van der Waals surface area contributed by atoms with Crippen molar-refractivity contribution in [3.63, 3.8) is 0 Å². The molecule has 3 aromatic rings. The number of hydrogen-bond acceptors (Lipinski definition) is 3. The number of carbonyl (C=O) groups is 2. The lowest BCUT2D eigenvalue weighted by Gasteiger charge is -2.10. The summed E-state index contributed by atoms with van der Waals surface area (Å²) in [5.74, 6) is -3.38. The van der Waals surface area contributed by atoms with Gasteiger partial charge >= 0.3 is 0 Å². The van der Waals surface area contributed by atoms with Gasteiger partial charge in [-0.15, -0.1) is 0 Å². The standard InChI is InChI=1S/C20H15ClF2N4O2/c21-14-8-16(23)15(22)7-13(14)19(28)25-18-9-17(26-27-18)20(29)24-12-5-10-3-1-2-4-11(10)6-12/h1-4,7-9,12H,5-6H2,(H,24,29)(H2,25,26,27,28). The van der Waals surface area contributed by atoms with Crippen molar-refractivity contribution in [3.8, 4) is 0 Å². The van der Waals surface area contributed by atoms with Crippen LogP contribution in [0.25, 0.3) is 0 Å². The topological polar surface area (TPSA) is 86.9 Å². The Labute approximate surface area is 169 Å². The monoisotopic (exact) mass is 416 g/mol. The highest BCUT2D eigenvalue weighted by atomic mass is 35.5. The van der Waals surface area contributed by atoms with Crippen LogP contribution in [0.15, 0.2) is 42.5 Å². The van der Waals surface area contributed by atoms with Crippen LogP contribution in [0.3, 0.4) is 0 Å². The van der Waals surface area contributed by atoms with Crippen LogP contribution in [0.4, 0.5) is 14.6 Å². The molecule has 0 bridgehead atoms. The van der Waals surface area contributed by atoms with Crippen LogP contribution in [0, 0.1) is 11.6 Å². The van der Waals surface area contributed by atoms with E-state index in [0.29, 0.717) is 6.07 Å². The van der Waals surface area contributed by atoms with Gasteiger partial charge in [0.25, 0.3) is 11.8 Å². The van der Waals surface area contributed by atoms with Crippen molar-refractivity contribution in [2.75, 3.05) is 5.32 Å². The quantitative estimate of drug-likeness (QED) is 0.569. The van der Waals surface area contributed by atoms with Crippen LogP contribution >= 0.6 is 11.6 Å². The Morgan fingerprint density at radius 1 is 1.03 bits per heavy atom. The number of anilines is 1. The van der Waals surface area contributed by atoms with Crippen LogP contribution < -0.4 is 10.6 Å². The Balaban J connectivity index is 1.40. The fourth-order valence-electron chi connectivity index (χ4n) is 3.31.